The van der Waals surface area contributed by atoms with E-state index < -0.39 is 11.9 Å². The molecule has 2 N–H and O–H groups in total. The van der Waals surface area contributed by atoms with Crippen LogP contribution in [-0.4, -0.2) is 35.7 Å². The van der Waals surface area contributed by atoms with Crippen molar-refractivity contribution in [1.29, 1.82) is 0 Å². The van der Waals surface area contributed by atoms with Gasteiger partial charge in [0, 0.05) is 0 Å². The summed E-state index contributed by atoms with van der Waals surface area (Å²) >= 11 is 1.55. The zero-order valence-corrected chi connectivity index (χ0v) is 10.4. The summed E-state index contributed by atoms with van der Waals surface area (Å²) in [6, 6.07) is 5.48. The third kappa shape index (κ3) is 2.75. The van der Waals surface area contributed by atoms with Crippen LogP contribution in [0.4, 0.5) is 0 Å². The molecule has 7 heteroatoms. The lowest BCUT2D eigenvalue weighted by molar-refractivity contribution is -0.139. The fourth-order valence-corrected chi connectivity index (χ4v) is 2.00. The maximum Gasteiger partial charge on any atom is 0.325 e. The number of hydrogen-bond donors (Lipinski definition) is 2. The first-order valence-electron chi connectivity index (χ1n) is 5.15. The molecule has 6 nitrogen and oxygen atoms in total. The molecular formula is C11H11N3O3S. The van der Waals surface area contributed by atoms with Gasteiger partial charge in [0.1, 0.15) is 6.54 Å². The molecule has 0 aliphatic heterocycles. The number of aromatic amines is 1. The quantitative estimate of drug-likeness (QED) is 0.809. The zero-order chi connectivity index (χ0) is 13.0. The Labute approximate surface area is 107 Å². The summed E-state index contributed by atoms with van der Waals surface area (Å²) in [5, 5.41) is 11.0. The predicted molar refractivity (Wildman–Crippen MR) is 66.2 cm³/mol. The Bertz CT molecular complexity index is 548. The molecule has 0 bridgehead atoms. The van der Waals surface area contributed by atoms with Crippen LogP contribution in [0.2, 0.25) is 0 Å². The molecule has 0 radical (unpaired) electrons. The van der Waals surface area contributed by atoms with Crippen molar-refractivity contribution in [1.82, 2.24) is 15.5 Å². The van der Waals surface area contributed by atoms with Crippen molar-refractivity contribution in [3.8, 4) is 10.6 Å². The Kier molecular flexibility index (Phi) is 3.73. The van der Waals surface area contributed by atoms with Crippen LogP contribution in [0.3, 0.4) is 0 Å². The smallest absolute Gasteiger partial charge is 0.325 e. The number of thiophene rings is 1. The molecule has 0 aliphatic rings. The summed E-state index contributed by atoms with van der Waals surface area (Å²) in [6.45, 7) is -0.170. The van der Waals surface area contributed by atoms with E-state index in [1.165, 1.54) is 7.11 Å². The van der Waals surface area contributed by atoms with Crippen molar-refractivity contribution in [2.24, 2.45) is 0 Å². The van der Waals surface area contributed by atoms with Gasteiger partial charge in [-0.05, 0) is 17.5 Å². The molecule has 2 rings (SSSR count). The molecule has 94 valence electrons. The molecule has 2 heterocycles. The first-order chi connectivity index (χ1) is 8.70. The van der Waals surface area contributed by atoms with Crippen molar-refractivity contribution in [3.05, 3.63) is 29.3 Å². The van der Waals surface area contributed by atoms with Crippen LogP contribution < -0.4 is 5.32 Å². The van der Waals surface area contributed by atoms with E-state index in [0.717, 1.165) is 10.6 Å². The van der Waals surface area contributed by atoms with E-state index >= 15 is 0 Å². The van der Waals surface area contributed by atoms with Gasteiger partial charge in [-0.25, -0.2) is 0 Å². The van der Waals surface area contributed by atoms with Crippen molar-refractivity contribution in [2.45, 2.75) is 0 Å². The summed E-state index contributed by atoms with van der Waals surface area (Å²) in [7, 11) is 1.26. The maximum absolute atomic E-state index is 11.6. The number of carbonyl (C=O) groups is 2. The Balaban J connectivity index is 2.02. The minimum atomic E-state index is -0.502. The molecule has 0 unspecified atom stereocenters. The van der Waals surface area contributed by atoms with E-state index in [0.29, 0.717) is 0 Å². The average molecular weight is 265 g/mol. The number of nitrogens with one attached hydrogen (secondary N) is 2. The minimum Gasteiger partial charge on any atom is -0.468 e. The summed E-state index contributed by atoms with van der Waals surface area (Å²) in [6.07, 6.45) is 0. The third-order valence-corrected chi connectivity index (χ3v) is 3.12. The number of carbonyl (C=O) groups excluding carboxylic acids is 2. The van der Waals surface area contributed by atoms with Gasteiger partial charge in [0.2, 0.25) is 0 Å². The van der Waals surface area contributed by atoms with Crippen LogP contribution in [0.5, 0.6) is 0 Å². The fourth-order valence-electron chi connectivity index (χ4n) is 1.31. The summed E-state index contributed by atoms with van der Waals surface area (Å²) in [5.41, 5.74) is 1.01. The Morgan fingerprint density at radius 2 is 2.39 bits per heavy atom. The molecule has 0 spiro atoms. The number of H-pyrrole nitrogens is 1. The molecule has 0 aromatic carbocycles. The zero-order valence-electron chi connectivity index (χ0n) is 9.60. The number of nitrogens with zero attached hydrogens (tertiary/aromatic N) is 1. The second-order valence-electron chi connectivity index (χ2n) is 3.40. The molecule has 1 amide bonds. The van der Waals surface area contributed by atoms with Crippen molar-refractivity contribution < 1.29 is 14.3 Å². The van der Waals surface area contributed by atoms with E-state index in [-0.39, 0.29) is 12.2 Å². The molecule has 0 aliphatic carbocycles. The molecule has 0 saturated carbocycles. The van der Waals surface area contributed by atoms with Gasteiger partial charge in [0.25, 0.3) is 5.91 Å². The number of ether oxygens (including phenoxy) is 1. The summed E-state index contributed by atoms with van der Waals surface area (Å²) in [4.78, 5) is 23.5. The second-order valence-corrected chi connectivity index (χ2v) is 4.35. The van der Waals surface area contributed by atoms with E-state index in [9.17, 15) is 9.59 Å². The third-order valence-electron chi connectivity index (χ3n) is 2.22. The number of methoxy groups -OCH3 is 1. The van der Waals surface area contributed by atoms with Crippen LogP contribution >= 0.6 is 11.3 Å². The molecule has 2 aromatic heterocycles. The number of aromatic nitrogens is 2. The van der Waals surface area contributed by atoms with Gasteiger partial charge in [-0.1, -0.05) is 6.07 Å². The van der Waals surface area contributed by atoms with Gasteiger partial charge in [-0.2, -0.15) is 5.10 Å². The Hall–Kier alpha value is -2.15. The second kappa shape index (κ2) is 5.46. The lowest BCUT2D eigenvalue weighted by Gasteiger charge is -2.00. The number of esters is 1. The molecule has 2 aromatic rings. The largest absolute Gasteiger partial charge is 0.468 e. The predicted octanol–water partition coefficient (Wildman–Crippen LogP) is 1.04. The lowest BCUT2D eigenvalue weighted by atomic mass is 10.3. The normalized spacial score (nSPS) is 10.1. The topological polar surface area (TPSA) is 84.1 Å². The van der Waals surface area contributed by atoms with Crippen LogP contribution in [0, 0.1) is 0 Å². The minimum absolute atomic E-state index is 0.170. The van der Waals surface area contributed by atoms with Gasteiger partial charge >= 0.3 is 5.97 Å². The van der Waals surface area contributed by atoms with Crippen LogP contribution in [0.15, 0.2) is 23.6 Å². The molecular weight excluding hydrogens is 254 g/mol. The van der Waals surface area contributed by atoms with Crippen LogP contribution in [0.1, 0.15) is 10.5 Å². The monoisotopic (exact) mass is 265 g/mol. The molecule has 18 heavy (non-hydrogen) atoms. The maximum atomic E-state index is 11.6. The highest BCUT2D eigenvalue weighted by molar-refractivity contribution is 7.13. The van der Waals surface area contributed by atoms with E-state index in [4.69, 9.17) is 0 Å². The van der Waals surface area contributed by atoms with Gasteiger partial charge in [-0.3, -0.25) is 14.7 Å². The highest BCUT2D eigenvalue weighted by Gasteiger charge is 2.12. The van der Waals surface area contributed by atoms with Gasteiger partial charge in [0.05, 0.1) is 17.7 Å². The van der Waals surface area contributed by atoms with Gasteiger partial charge in [0.15, 0.2) is 5.69 Å². The van der Waals surface area contributed by atoms with E-state index in [2.05, 4.69) is 20.3 Å². The number of hydrogen-bond acceptors (Lipinski definition) is 5. The molecule has 0 fully saturated rings. The number of rotatable bonds is 4. The summed E-state index contributed by atoms with van der Waals surface area (Å²) in [5.74, 6) is -0.920. The number of amides is 1. The first-order valence-corrected chi connectivity index (χ1v) is 6.03. The van der Waals surface area contributed by atoms with Gasteiger partial charge < -0.3 is 10.1 Å². The first kappa shape index (κ1) is 12.3. The van der Waals surface area contributed by atoms with Crippen molar-refractivity contribution >= 4 is 23.2 Å². The highest BCUT2D eigenvalue weighted by Crippen LogP contribution is 2.22. The van der Waals surface area contributed by atoms with Crippen molar-refractivity contribution in [2.75, 3.05) is 13.7 Å². The highest BCUT2D eigenvalue weighted by atomic mass is 32.1. The van der Waals surface area contributed by atoms with Crippen LogP contribution in [0.25, 0.3) is 10.6 Å². The summed E-state index contributed by atoms with van der Waals surface area (Å²) < 4.78 is 4.42. The standard InChI is InChI=1S/C11H11N3O3S/c1-17-10(15)6-12-11(16)8-5-7(13-14-8)9-3-2-4-18-9/h2-5H,6H2,1H3,(H,12,16)(H,13,14). The van der Waals surface area contributed by atoms with Crippen LogP contribution in [-0.2, 0) is 9.53 Å². The molecule has 0 saturated heterocycles. The lowest BCUT2D eigenvalue weighted by Crippen LogP contribution is -2.30. The van der Waals surface area contributed by atoms with E-state index in [1.807, 2.05) is 17.5 Å². The van der Waals surface area contributed by atoms with Gasteiger partial charge in [-0.15, -0.1) is 11.3 Å². The average Bonchev–Trinajstić information content (AvgIpc) is 3.04. The Morgan fingerprint density at radius 1 is 1.56 bits per heavy atom. The fraction of sp³-hybridized carbons (Fsp3) is 0.182. The molecule has 0 atom stereocenters. The van der Waals surface area contributed by atoms with Crippen molar-refractivity contribution in [3.63, 3.8) is 0 Å². The van der Waals surface area contributed by atoms with E-state index in [1.54, 1.807) is 17.4 Å². The Morgan fingerprint density at radius 3 is 3.06 bits per heavy atom. The SMILES string of the molecule is COC(=O)CNC(=O)c1cc(-c2cccs2)[nH]n1.